The summed E-state index contributed by atoms with van der Waals surface area (Å²) in [5.41, 5.74) is 0.444. The maximum Gasteiger partial charge on any atom is 0.307 e. The zero-order chi connectivity index (χ0) is 18.5. The van der Waals surface area contributed by atoms with E-state index in [1.165, 1.54) is 0 Å². The average Bonchev–Trinajstić information content (AvgIpc) is 3.14. The number of halogens is 1. The predicted octanol–water partition coefficient (Wildman–Crippen LogP) is 3.50. The fourth-order valence-electron chi connectivity index (χ4n) is 3.29. The van der Waals surface area contributed by atoms with Crippen LogP contribution in [0.4, 0.5) is 5.69 Å². The number of amides is 1. The summed E-state index contributed by atoms with van der Waals surface area (Å²) in [6, 6.07) is 4.99. The van der Waals surface area contributed by atoms with Gasteiger partial charge in [0.1, 0.15) is 12.4 Å². The molecule has 3 rings (SSSR count). The normalized spacial score (nSPS) is 25.0. The van der Waals surface area contributed by atoms with Crippen molar-refractivity contribution in [2.24, 2.45) is 11.8 Å². The van der Waals surface area contributed by atoms with Crippen LogP contribution in [0.1, 0.15) is 25.7 Å². The minimum atomic E-state index is -0.963. The van der Waals surface area contributed by atoms with E-state index in [1.807, 2.05) is 6.08 Å². The number of anilines is 1. The summed E-state index contributed by atoms with van der Waals surface area (Å²) in [5, 5.41) is 12.6. The van der Waals surface area contributed by atoms with Crippen LogP contribution in [0.5, 0.6) is 5.75 Å². The molecule has 26 heavy (non-hydrogen) atoms. The number of carboxylic acids is 1. The lowest BCUT2D eigenvalue weighted by atomic mass is 9.82. The molecular weight excluding hydrogens is 358 g/mol. The van der Waals surface area contributed by atoms with E-state index in [1.54, 1.807) is 24.3 Å². The van der Waals surface area contributed by atoms with Gasteiger partial charge in [0.05, 0.1) is 23.6 Å². The first kappa shape index (κ1) is 18.7. The molecule has 1 saturated heterocycles. The van der Waals surface area contributed by atoms with E-state index in [9.17, 15) is 14.7 Å². The Morgan fingerprint density at radius 3 is 2.73 bits per heavy atom. The molecule has 2 N–H and O–H groups in total. The highest BCUT2D eigenvalue weighted by molar-refractivity contribution is 6.31. The van der Waals surface area contributed by atoms with Crippen LogP contribution in [0.25, 0.3) is 0 Å². The molecule has 0 radical (unpaired) electrons. The number of nitrogens with one attached hydrogen (secondary N) is 1. The third-order valence-electron chi connectivity index (χ3n) is 4.73. The van der Waals surface area contributed by atoms with Gasteiger partial charge in [-0.25, -0.2) is 0 Å². The van der Waals surface area contributed by atoms with Gasteiger partial charge in [-0.1, -0.05) is 23.8 Å². The molecule has 0 saturated carbocycles. The Balaban J connectivity index is 1.71. The van der Waals surface area contributed by atoms with Gasteiger partial charge in [0, 0.05) is 11.6 Å². The highest BCUT2D eigenvalue weighted by Gasteiger charge is 2.34. The minimum absolute atomic E-state index is 0.0501. The van der Waals surface area contributed by atoms with Crippen molar-refractivity contribution in [3.63, 3.8) is 0 Å². The minimum Gasteiger partial charge on any atom is -0.489 e. The van der Waals surface area contributed by atoms with E-state index in [0.717, 1.165) is 19.4 Å². The van der Waals surface area contributed by atoms with E-state index >= 15 is 0 Å². The van der Waals surface area contributed by atoms with Gasteiger partial charge >= 0.3 is 5.97 Å². The van der Waals surface area contributed by atoms with Gasteiger partial charge in [-0.15, -0.1) is 0 Å². The van der Waals surface area contributed by atoms with Crippen molar-refractivity contribution in [2.45, 2.75) is 31.8 Å². The number of rotatable bonds is 6. The second-order valence-electron chi connectivity index (χ2n) is 6.57. The van der Waals surface area contributed by atoms with Crippen molar-refractivity contribution in [1.82, 2.24) is 0 Å². The predicted molar refractivity (Wildman–Crippen MR) is 97.5 cm³/mol. The topological polar surface area (TPSA) is 84.9 Å². The van der Waals surface area contributed by atoms with Crippen molar-refractivity contribution >= 4 is 29.2 Å². The Kier molecular flexibility index (Phi) is 6.16. The van der Waals surface area contributed by atoms with Gasteiger partial charge in [0.2, 0.25) is 5.91 Å². The van der Waals surface area contributed by atoms with Gasteiger partial charge in [-0.3, -0.25) is 9.59 Å². The van der Waals surface area contributed by atoms with Gasteiger partial charge in [0.15, 0.2) is 0 Å². The molecular formula is C19H22ClNO5. The summed E-state index contributed by atoms with van der Waals surface area (Å²) in [7, 11) is 0. The molecule has 7 heteroatoms. The average molecular weight is 380 g/mol. The van der Waals surface area contributed by atoms with Crippen LogP contribution in [0.3, 0.4) is 0 Å². The second-order valence-corrected chi connectivity index (χ2v) is 7.01. The monoisotopic (exact) mass is 379 g/mol. The molecule has 0 aromatic heterocycles. The maximum atomic E-state index is 12.7. The van der Waals surface area contributed by atoms with Crippen LogP contribution >= 0.6 is 11.6 Å². The molecule has 1 fully saturated rings. The fourth-order valence-corrected chi connectivity index (χ4v) is 3.46. The van der Waals surface area contributed by atoms with Gasteiger partial charge in [-0.2, -0.15) is 0 Å². The molecule has 1 aliphatic carbocycles. The van der Waals surface area contributed by atoms with E-state index in [0.29, 0.717) is 35.9 Å². The lowest BCUT2D eigenvalue weighted by molar-refractivity contribution is -0.146. The van der Waals surface area contributed by atoms with E-state index in [2.05, 4.69) is 5.32 Å². The largest absolute Gasteiger partial charge is 0.489 e. The Morgan fingerprint density at radius 1 is 1.27 bits per heavy atom. The van der Waals surface area contributed by atoms with Gasteiger partial charge in [-0.05, 0) is 43.9 Å². The number of ether oxygens (including phenoxy) is 2. The molecule has 1 aromatic carbocycles. The number of hydrogen-bond donors (Lipinski definition) is 2. The SMILES string of the molecule is O=C(O)[C@@H]1CC=CC[C@H]1C(=O)Nc1cc(Cl)ccc1OC[C@@H]1CCCO1. The Bertz CT molecular complexity index is 699. The van der Waals surface area contributed by atoms with Crippen LogP contribution in [0.15, 0.2) is 30.4 Å². The smallest absolute Gasteiger partial charge is 0.307 e. The molecule has 1 aromatic rings. The van der Waals surface area contributed by atoms with Crippen LogP contribution < -0.4 is 10.1 Å². The van der Waals surface area contributed by atoms with Crippen molar-refractivity contribution in [2.75, 3.05) is 18.5 Å². The number of carbonyl (C=O) groups is 2. The molecule has 0 bridgehead atoms. The van der Waals surface area contributed by atoms with Crippen LogP contribution in [-0.2, 0) is 14.3 Å². The highest BCUT2D eigenvalue weighted by atomic mass is 35.5. The Labute approximate surface area is 157 Å². The summed E-state index contributed by atoms with van der Waals surface area (Å²) in [6.07, 6.45) is 6.41. The quantitative estimate of drug-likeness (QED) is 0.739. The third kappa shape index (κ3) is 4.56. The van der Waals surface area contributed by atoms with Crippen LogP contribution in [0, 0.1) is 11.8 Å². The van der Waals surface area contributed by atoms with Crippen molar-refractivity contribution in [3.8, 4) is 5.75 Å². The molecule has 6 nitrogen and oxygen atoms in total. The van der Waals surface area contributed by atoms with E-state index < -0.39 is 17.8 Å². The number of carbonyl (C=O) groups excluding carboxylic acids is 1. The van der Waals surface area contributed by atoms with E-state index in [-0.39, 0.29) is 12.0 Å². The highest BCUT2D eigenvalue weighted by Crippen LogP contribution is 2.32. The molecule has 3 atom stereocenters. The lowest BCUT2D eigenvalue weighted by Crippen LogP contribution is -2.34. The number of aliphatic carboxylic acids is 1. The molecule has 2 aliphatic rings. The number of hydrogen-bond acceptors (Lipinski definition) is 4. The van der Waals surface area contributed by atoms with Crippen molar-refractivity contribution in [3.05, 3.63) is 35.4 Å². The maximum absolute atomic E-state index is 12.7. The number of benzene rings is 1. The lowest BCUT2D eigenvalue weighted by Gasteiger charge is -2.25. The first-order chi connectivity index (χ1) is 12.5. The third-order valence-corrected chi connectivity index (χ3v) is 4.97. The summed E-state index contributed by atoms with van der Waals surface area (Å²) < 4.78 is 11.4. The van der Waals surface area contributed by atoms with Crippen LogP contribution in [0.2, 0.25) is 5.02 Å². The number of carboxylic acid groups (broad SMARTS) is 1. The van der Waals surface area contributed by atoms with Gasteiger partial charge in [0.25, 0.3) is 0 Å². The summed E-state index contributed by atoms with van der Waals surface area (Å²) in [5.74, 6) is -2.16. The molecule has 1 aliphatic heterocycles. The Hall–Kier alpha value is -2.05. The summed E-state index contributed by atoms with van der Waals surface area (Å²) in [6.45, 7) is 1.14. The molecule has 0 unspecified atom stereocenters. The van der Waals surface area contributed by atoms with E-state index in [4.69, 9.17) is 21.1 Å². The second kappa shape index (κ2) is 8.56. The summed E-state index contributed by atoms with van der Waals surface area (Å²) >= 11 is 6.06. The Morgan fingerprint density at radius 2 is 2.04 bits per heavy atom. The molecule has 1 heterocycles. The zero-order valence-electron chi connectivity index (χ0n) is 14.3. The summed E-state index contributed by atoms with van der Waals surface area (Å²) in [4.78, 5) is 24.1. The van der Waals surface area contributed by atoms with Crippen LogP contribution in [-0.4, -0.2) is 36.3 Å². The first-order valence-electron chi connectivity index (χ1n) is 8.77. The molecule has 1 amide bonds. The van der Waals surface area contributed by atoms with Crippen molar-refractivity contribution in [1.29, 1.82) is 0 Å². The molecule has 0 spiro atoms. The fraction of sp³-hybridized carbons (Fsp3) is 0.474. The number of allylic oxidation sites excluding steroid dienone is 2. The van der Waals surface area contributed by atoms with Crippen molar-refractivity contribution < 1.29 is 24.2 Å². The zero-order valence-corrected chi connectivity index (χ0v) is 15.1. The first-order valence-corrected chi connectivity index (χ1v) is 9.15. The van der Waals surface area contributed by atoms with Gasteiger partial charge < -0.3 is 19.9 Å². The molecule has 140 valence electrons. The standard InChI is InChI=1S/C19H22ClNO5/c20-12-7-8-17(26-11-13-4-3-9-25-13)16(10-12)21-18(22)14-5-1-2-6-15(14)19(23)24/h1-2,7-8,10,13-15H,3-6,9,11H2,(H,21,22)(H,23,24)/t13-,14+,15+/m0/s1.